The summed E-state index contributed by atoms with van der Waals surface area (Å²) in [6, 6.07) is 9.45. The van der Waals surface area contributed by atoms with Crippen LogP contribution in [0.1, 0.15) is 31.7 Å². The molecule has 1 nitrogen and oxygen atoms in total. The van der Waals surface area contributed by atoms with E-state index in [0.29, 0.717) is 6.04 Å². The van der Waals surface area contributed by atoms with Gasteiger partial charge in [-0.05, 0) is 47.7 Å². The molecule has 1 aliphatic rings. The molecule has 1 saturated carbocycles. The van der Waals surface area contributed by atoms with Gasteiger partial charge in [0.25, 0.3) is 0 Å². The van der Waals surface area contributed by atoms with Gasteiger partial charge < -0.3 is 5.32 Å². The van der Waals surface area contributed by atoms with Crippen molar-refractivity contribution in [2.45, 2.75) is 38.6 Å². The van der Waals surface area contributed by atoms with Gasteiger partial charge in [0.1, 0.15) is 0 Å². The Morgan fingerprint density at radius 1 is 1.33 bits per heavy atom. The van der Waals surface area contributed by atoms with Crippen LogP contribution in [0.4, 0.5) is 0 Å². The molecular weight excluding hydrogens is 238 g/mol. The fourth-order valence-electron chi connectivity index (χ4n) is 2.74. The summed E-state index contributed by atoms with van der Waals surface area (Å²) in [6.07, 6.45) is 5.45. The maximum absolute atomic E-state index is 3.66. The van der Waals surface area contributed by atoms with Gasteiger partial charge in [-0.3, -0.25) is 0 Å². The van der Waals surface area contributed by atoms with Crippen LogP contribution in [-0.4, -0.2) is 12.6 Å². The molecular formula is C16H21NS. The van der Waals surface area contributed by atoms with E-state index in [0.717, 1.165) is 12.5 Å². The predicted molar refractivity (Wildman–Crippen MR) is 80.3 cm³/mol. The molecule has 2 heteroatoms. The number of nitrogens with one attached hydrogen (secondary N) is 1. The van der Waals surface area contributed by atoms with Gasteiger partial charge in [0.15, 0.2) is 0 Å². The van der Waals surface area contributed by atoms with Crippen molar-refractivity contribution in [2.24, 2.45) is 5.92 Å². The fourth-order valence-corrected chi connectivity index (χ4v) is 3.72. The van der Waals surface area contributed by atoms with E-state index in [1.54, 1.807) is 0 Å². The van der Waals surface area contributed by atoms with Crippen molar-refractivity contribution in [1.82, 2.24) is 5.32 Å². The highest BCUT2D eigenvalue weighted by Crippen LogP contribution is 2.35. The second kappa shape index (κ2) is 5.41. The molecule has 0 amide bonds. The van der Waals surface area contributed by atoms with Crippen LogP contribution >= 0.6 is 11.3 Å². The molecule has 1 atom stereocenters. The Balaban J connectivity index is 1.76. The van der Waals surface area contributed by atoms with Crippen LogP contribution in [0.25, 0.3) is 10.1 Å². The maximum atomic E-state index is 3.66. The van der Waals surface area contributed by atoms with Crippen LogP contribution in [0.5, 0.6) is 0 Å². The summed E-state index contributed by atoms with van der Waals surface area (Å²) in [5.74, 6) is 0.999. The van der Waals surface area contributed by atoms with Crippen molar-refractivity contribution in [2.75, 3.05) is 6.54 Å². The van der Waals surface area contributed by atoms with Crippen LogP contribution in [-0.2, 0) is 6.42 Å². The van der Waals surface area contributed by atoms with Gasteiger partial charge in [0, 0.05) is 10.7 Å². The first-order valence-corrected chi connectivity index (χ1v) is 7.93. The lowest BCUT2D eigenvalue weighted by Crippen LogP contribution is -2.31. The summed E-state index contributed by atoms with van der Waals surface area (Å²) in [4.78, 5) is 0. The second-order valence-electron chi connectivity index (χ2n) is 5.39. The summed E-state index contributed by atoms with van der Waals surface area (Å²) in [6.45, 7) is 3.30. The zero-order chi connectivity index (χ0) is 12.4. The summed E-state index contributed by atoms with van der Waals surface area (Å²) >= 11 is 1.88. The summed E-state index contributed by atoms with van der Waals surface area (Å²) in [5, 5.41) is 7.47. The zero-order valence-electron chi connectivity index (χ0n) is 11.0. The summed E-state index contributed by atoms with van der Waals surface area (Å²) in [7, 11) is 0. The number of thiophene rings is 1. The maximum Gasteiger partial charge on any atom is 0.0345 e. The first-order valence-electron chi connectivity index (χ1n) is 7.05. The predicted octanol–water partition coefficient (Wildman–Crippen LogP) is 4.22. The zero-order valence-corrected chi connectivity index (χ0v) is 11.8. The number of fused-ring (bicyclic) bond motifs is 1. The third kappa shape index (κ3) is 2.76. The van der Waals surface area contributed by atoms with Crippen LogP contribution in [0.2, 0.25) is 0 Å². The van der Waals surface area contributed by atoms with Gasteiger partial charge in [0.2, 0.25) is 0 Å². The SMILES string of the molecule is CCNC(Cc1csc2ccccc12)CC1CC1. The lowest BCUT2D eigenvalue weighted by Gasteiger charge is -2.17. The van der Waals surface area contributed by atoms with Crippen molar-refractivity contribution in [1.29, 1.82) is 0 Å². The average molecular weight is 259 g/mol. The Hall–Kier alpha value is -0.860. The molecule has 1 unspecified atom stereocenters. The summed E-state index contributed by atoms with van der Waals surface area (Å²) < 4.78 is 1.43. The number of hydrogen-bond donors (Lipinski definition) is 1. The van der Waals surface area contributed by atoms with E-state index in [1.807, 2.05) is 11.3 Å². The van der Waals surface area contributed by atoms with Crippen LogP contribution in [0.3, 0.4) is 0 Å². The van der Waals surface area contributed by atoms with E-state index < -0.39 is 0 Å². The quantitative estimate of drug-likeness (QED) is 0.819. The van der Waals surface area contributed by atoms with Gasteiger partial charge in [-0.25, -0.2) is 0 Å². The average Bonchev–Trinajstić information content (AvgIpc) is 3.11. The second-order valence-corrected chi connectivity index (χ2v) is 6.31. The van der Waals surface area contributed by atoms with E-state index in [2.05, 4.69) is 41.9 Å². The molecule has 96 valence electrons. The fraction of sp³-hybridized carbons (Fsp3) is 0.500. The molecule has 1 aromatic carbocycles. The lowest BCUT2D eigenvalue weighted by atomic mass is 10.0. The minimum Gasteiger partial charge on any atom is -0.314 e. The van der Waals surface area contributed by atoms with E-state index >= 15 is 0 Å². The number of hydrogen-bond acceptors (Lipinski definition) is 2. The monoisotopic (exact) mass is 259 g/mol. The van der Waals surface area contributed by atoms with E-state index in [1.165, 1.54) is 41.3 Å². The Labute approximate surface area is 113 Å². The van der Waals surface area contributed by atoms with E-state index in [9.17, 15) is 0 Å². The molecule has 0 saturated heterocycles. The first-order chi connectivity index (χ1) is 8.86. The van der Waals surface area contributed by atoms with E-state index in [4.69, 9.17) is 0 Å². The van der Waals surface area contributed by atoms with Crippen LogP contribution in [0.15, 0.2) is 29.6 Å². The van der Waals surface area contributed by atoms with Crippen molar-refractivity contribution < 1.29 is 0 Å². The minimum absolute atomic E-state index is 0.667. The third-order valence-electron chi connectivity index (χ3n) is 3.84. The normalized spacial score (nSPS) is 17.2. The highest BCUT2D eigenvalue weighted by molar-refractivity contribution is 7.17. The van der Waals surface area contributed by atoms with E-state index in [-0.39, 0.29) is 0 Å². The van der Waals surface area contributed by atoms with Gasteiger partial charge in [0.05, 0.1) is 0 Å². The molecule has 0 aliphatic heterocycles. The number of likely N-dealkylation sites (N-methyl/N-ethyl adjacent to an activating group) is 1. The number of benzene rings is 1. The summed E-state index contributed by atoms with van der Waals surface area (Å²) in [5.41, 5.74) is 1.53. The van der Waals surface area contributed by atoms with Gasteiger partial charge >= 0.3 is 0 Å². The Morgan fingerprint density at radius 2 is 2.17 bits per heavy atom. The molecule has 1 aromatic heterocycles. The van der Waals surface area contributed by atoms with Crippen LogP contribution in [0, 0.1) is 5.92 Å². The van der Waals surface area contributed by atoms with Crippen molar-refractivity contribution >= 4 is 21.4 Å². The molecule has 2 aromatic rings. The largest absolute Gasteiger partial charge is 0.314 e. The standard InChI is InChI=1S/C16H21NS/c1-2-17-14(9-12-7-8-12)10-13-11-18-16-6-4-3-5-15(13)16/h3-6,11-12,14,17H,2,7-10H2,1H3. The Morgan fingerprint density at radius 3 is 2.94 bits per heavy atom. The van der Waals surface area contributed by atoms with Gasteiger partial charge in [-0.15, -0.1) is 11.3 Å². The number of rotatable bonds is 6. The molecule has 18 heavy (non-hydrogen) atoms. The Kier molecular flexibility index (Phi) is 3.67. The molecule has 1 heterocycles. The van der Waals surface area contributed by atoms with Crippen LogP contribution < -0.4 is 5.32 Å². The molecule has 0 bridgehead atoms. The Bertz CT molecular complexity index is 513. The highest BCUT2D eigenvalue weighted by atomic mass is 32.1. The molecule has 1 fully saturated rings. The van der Waals surface area contributed by atoms with Crippen molar-refractivity contribution in [3.8, 4) is 0 Å². The van der Waals surface area contributed by atoms with Crippen molar-refractivity contribution in [3.63, 3.8) is 0 Å². The van der Waals surface area contributed by atoms with Gasteiger partial charge in [-0.1, -0.05) is 38.0 Å². The van der Waals surface area contributed by atoms with Gasteiger partial charge in [-0.2, -0.15) is 0 Å². The molecule has 0 radical (unpaired) electrons. The molecule has 0 spiro atoms. The molecule has 1 aliphatic carbocycles. The topological polar surface area (TPSA) is 12.0 Å². The highest BCUT2D eigenvalue weighted by Gasteiger charge is 2.25. The minimum atomic E-state index is 0.667. The smallest absolute Gasteiger partial charge is 0.0345 e. The first kappa shape index (κ1) is 12.2. The molecule has 3 rings (SSSR count). The molecule has 1 N–H and O–H groups in total. The lowest BCUT2D eigenvalue weighted by molar-refractivity contribution is 0.467. The van der Waals surface area contributed by atoms with Crippen molar-refractivity contribution in [3.05, 3.63) is 35.2 Å². The third-order valence-corrected chi connectivity index (χ3v) is 4.85.